The van der Waals surface area contributed by atoms with Crippen LogP contribution in [0.25, 0.3) is 0 Å². The molecule has 2 aromatic carbocycles. The molecule has 0 radical (unpaired) electrons. The molecule has 2 aromatic rings. The van der Waals surface area contributed by atoms with Gasteiger partial charge in [-0.25, -0.2) is 4.39 Å². The zero-order chi connectivity index (χ0) is 13.1. The summed E-state index contributed by atoms with van der Waals surface area (Å²) >= 11 is 7.41. The fraction of sp³-hybridized carbons (Fsp3) is 0.0714. The smallest absolute Gasteiger partial charge is 0.197 e. The lowest BCUT2D eigenvalue weighted by Crippen LogP contribution is -2.05. The van der Waals surface area contributed by atoms with Gasteiger partial charge in [0.15, 0.2) is 5.78 Å². The van der Waals surface area contributed by atoms with Crippen LogP contribution in [-0.2, 0) is 0 Å². The quantitative estimate of drug-likeness (QED) is 0.611. The van der Waals surface area contributed by atoms with Crippen molar-refractivity contribution >= 4 is 29.1 Å². The SMILES string of the molecule is CSc1cccc(C(=O)c2c(F)cccc2Cl)c1. The van der Waals surface area contributed by atoms with Gasteiger partial charge in [0.2, 0.25) is 0 Å². The standard InChI is InChI=1S/C14H10ClFOS/c1-18-10-5-2-4-9(8-10)14(17)13-11(15)6-3-7-12(13)16/h2-8H,1H3. The molecule has 0 fully saturated rings. The van der Waals surface area contributed by atoms with Crippen LogP contribution in [0.15, 0.2) is 47.4 Å². The number of benzene rings is 2. The Hall–Kier alpha value is -1.32. The van der Waals surface area contributed by atoms with Gasteiger partial charge in [-0.05, 0) is 30.5 Å². The molecule has 0 aliphatic heterocycles. The highest BCUT2D eigenvalue weighted by Crippen LogP contribution is 2.24. The number of thioether (sulfide) groups is 1. The Morgan fingerprint density at radius 2 is 1.94 bits per heavy atom. The predicted molar refractivity (Wildman–Crippen MR) is 73.1 cm³/mol. The molecular weight excluding hydrogens is 271 g/mol. The van der Waals surface area contributed by atoms with Crippen LogP contribution < -0.4 is 0 Å². The Labute approximate surface area is 114 Å². The molecule has 1 nitrogen and oxygen atoms in total. The minimum atomic E-state index is -0.595. The molecule has 2 rings (SSSR count). The third-order valence-corrected chi connectivity index (χ3v) is 3.56. The molecule has 0 heterocycles. The number of ketones is 1. The van der Waals surface area contributed by atoms with Gasteiger partial charge in [0.05, 0.1) is 10.6 Å². The number of carbonyl (C=O) groups excluding carboxylic acids is 1. The van der Waals surface area contributed by atoms with Crippen molar-refractivity contribution in [3.8, 4) is 0 Å². The molecule has 0 saturated heterocycles. The van der Waals surface area contributed by atoms with E-state index in [2.05, 4.69) is 0 Å². The van der Waals surface area contributed by atoms with E-state index in [-0.39, 0.29) is 10.6 Å². The first kappa shape index (κ1) is 13.1. The van der Waals surface area contributed by atoms with Crippen molar-refractivity contribution in [3.63, 3.8) is 0 Å². The number of rotatable bonds is 3. The van der Waals surface area contributed by atoms with Crippen LogP contribution in [0.3, 0.4) is 0 Å². The molecule has 0 aliphatic carbocycles. The molecule has 0 saturated carbocycles. The second-order valence-electron chi connectivity index (χ2n) is 3.66. The molecule has 0 amide bonds. The van der Waals surface area contributed by atoms with E-state index in [4.69, 9.17) is 11.6 Å². The first-order valence-corrected chi connectivity index (χ1v) is 6.86. The summed E-state index contributed by atoms with van der Waals surface area (Å²) in [6.07, 6.45) is 1.92. The van der Waals surface area contributed by atoms with Gasteiger partial charge < -0.3 is 0 Å². The van der Waals surface area contributed by atoms with Crippen molar-refractivity contribution in [2.45, 2.75) is 4.90 Å². The average Bonchev–Trinajstić information content (AvgIpc) is 2.38. The number of hydrogen-bond acceptors (Lipinski definition) is 2. The summed E-state index contributed by atoms with van der Waals surface area (Å²) in [4.78, 5) is 13.2. The fourth-order valence-electron chi connectivity index (χ4n) is 1.62. The number of halogens is 2. The van der Waals surface area contributed by atoms with Crippen molar-refractivity contribution < 1.29 is 9.18 Å². The van der Waals surface area contributed by atoms with Crippen LogP contribution >= 0.6 is 23.4 Å². The largest absolute Gasteiger partial charge is 0.288 e. The van der Waals surface area contributed by atoms with Gasteiger partial charge in [-0.1, -0.05) is 29.8 Å². The van der Waals surface area contributed by atoms with Crippen LogP contribution in [0.2, 0.25) is 5.02 Å². The van der Waals surface area contributed by atoms with E-state index in [0.29, 0.717) is 5.56 Å². The van der Waals surface area contributed by atoms with Crippen LogP contribution in [0, 0.1) is 5.82 Å². The van der Waals surface area contributed by atoms with Gasteiger partial charge in [-0.3, -0.25) is 4.79 Å². The van der Waals surface area contributed by atoms with Gasteiger partial charge in [-0.15, -0.1) is 11.8 Å². The summed E-state index contributed by atoms with van der Waals surface area (Å²) < 4.78 is 13.7. The number of carbonyl (C=O) groups is 1. The van der Waals surface area contributed by atoms with E-state index in [9.17, 15) is 9.18 Å². The Morgan fingerprint density at radius 1 is 1.22 bits per heavy atom. The van der Waals surface area contributed by atoms with E-state index in [1.807, 2.05) is 12.3 Å². The van der Waals surface area contributed by atoms with Crippen molar-refractivity contribution in [1.29, 1.82) is 0 Å². The molecule has 4 heteroatoms. The predicted octanol–water partition coefficient (Wildman–Crippen LogP) is 4.43. The molecule has 0 aliphatic rings. The van der Waals surface area contributed by atoms with Gasteiger partial charge >= 0.3 is 0 Å². The molecule has 0 spiro atoms. The maximum Gasteiger partial charge on any atom is 0.197 e. The van der Waals surface area contributed by atoms with Gasteiger partial charge in [-0.2, -0.15) is 0 Å². The van der Waals surface area contributed by atoms with E-state index >= 15 is 0 Å². The zero-order valence-corrected chi connectivity index (χ0v) is 11.2. The van der Waals surface area contributed by atoms with Crippen molar-refractivity contribution in [2.24, 2.45) is 0 Å². The number of hydrogen-bond donors (Lipinski definition) is 0. The van der Waals surface area contributed by atoms with E-state index in [0.717, 1.165) is 4.90 Å². The molecule has 0 N–H and O–H groups in total. The first-order valence-electron chi connectivity index (χ1n) is 5.26. The van der Waals surface area contributed by atoms with Crippen molar-refractivity contribution in [2.75, 3.05) is 6.26 Å². The zero-order valence-electron chi connectivity index (χ0n) is 9.61. The van der Waals surface area contributed by atoms with Gasteiger partial charge in [0.1, 0.15) is 5.82 Å². The highest BCUT2D eigenvalue weighted by atomic mass is 35.5. The lowest BCUT2D eigenvalue weighted by Gasteiger charge is -2.06. The molecular formula is C14H10ClFOS. The Morgan fingerprint density at radius 3 is 2.61 bits per heavy atom. The van der Waals surface area contributed by atoms with Crippen molar-refractivity contribution in [3.05, 3.63) is 64.4 Å². The topological polar surface area (TPSA) is 17.1 Å². The maximum atomic E-state index is 13.7. The van der Waals surface area contributed by atoms with Gasteiger partial charge in [0, 0.05) is 10.5 Å². The lowest BCUT2D eigenvalue weighted by atomic mass is 10.0. The summed E-state index contributed by atoms with van der Waals surface area (Å²) in [5, 5.41) is 0.134. The summed E-state index contributed by atoms with van der Waals surface area (Å²) in [6, 6.07) is 11.3. The molecule has 0 atom stereocenters. The average molecular weight is 281 g/mol. The second-order valence-corrected chi connectivity index (χ2v) is 4.94. The third kappa shape index (κ3) is 2.57. The van der Waals surface area contributed by atoms with Crippen LogP contribution in [0.1, 0.15) is 15.9 Å². The summed E-state index contributed by atoms with van der Waals surface area (Å²) in [5.41, 5.74) is 0.367. The molecule has 0 aromatic heterocycles. The van der Waals surface area contributed by atoms with E-state index in [1.165, 1.54) is 30.0 Å². The van der Waals surface area contributed by atoms with Crippen LogP contribution in [0.5, 0.6) is 0 Å². The third-order valence-electron chi connectivity index (χ3n) is 2.52. The van der Waals surface area contributed by atoms with Gasteiger partial charge in [0.25, 0.3) is 0 Å². The molecule has 0 bridgehead atoms. The van der Waals surface area contributed by atoms with E-state index < -0.39 is 11.6 Å². The first-order chi connectivity index (χ1) is 8.63. The maximum absolute atomic E-state index is 13.7. The monoisotopic (exact) mass is 280 g/mol. The molecule has 0 unspecified atom stereocenters. The normalized spacial score (nSPS) is 10.4. The highest BCUT2D eigenvalue weighted by Gasteiger charge is 2.17. The second kappa shape index (κ2) is 5.55. The van der Waals surface area contributed by atoms with Crippen LogP contribution in [-0.4, -0.2) is 12.0 Å². The summed E-state index contributed by atoms with van der Waals surface area (Å²) in [7, 11) is 0. The van der Waals surface area contributed by atoms with E-state index in [1.54, 1.807) is 18.2 Å². The molecule has 18 heavy (non-hydrogen) atoms. The summed E-state index contributed by atoms with van der Waals surface area (Å²) in [6.45, 7) is 0. The lowest BCUT2D eigenvalue weighted by molar-refractivity contribution is 0.103. The highest BCUT2D eigenvalue weighted by molar-refractivity contribution is 7.98. The van der Waals surface area contributed by atoms with Crippen LogP contribution in [0.4, 0.5) is 4.39 Å². The van der Waals surface area contributed by atoms with Crippen molar-refractivity contribution in [1.82, 2.24) is 0 Å². The minimum absolute atomic E-state index is 0.0718. The Kier molecular flexibility index (Phi) is 4.04. The Balaban J connectivity index is 2.48. The molecule has 92 valence electrons. The minimum Gasteiger partial charge on any atom is -0.288 e. The Bertz CT molecular complexity index is 578. The fourth-order valence-corrected chi connectivity index (χ4v) is 2.33. The summed E-state index contributed by atoms with van der Waals surface area (Å²) in [5.74, 6) is -0.990.